The number of carbonyl (C=O) groups excluding carboxylic acids is 2. The molecule has 3 unspecified atom stereocenters. The molecule has 0 aromatic heterocycles. The van der Waals surface area contributed by atoms with Crippen LogP contribution >= 0.6 is 7.82 Å². The number of hydrogen-bond donors (Lipinski definition) is 2. The molecule has 0 rings (SSSR count). The average molecular weight is 1150 g/mol. The molecule has 0 saturated heterocycles. The SMILES string of the molecule is CC/C=C\C/C=C\C/C=C\C/C=C\C/C=C\C/C=C\CCCCCCCCCCC(=O)OC(/C=C\CCCCCCCCCCCCC)C(COP(=O)(O)OCC[N+](C)(C)C)NC(=O)CCCCCCCC/C=C/C=C/CCCCC. The van der Waals surface area contributed by atoms with Gasteiger partial charge in [-0.25, -0.2) is 4.57 Å². The minimum Gasteiger partial charge on any atom is -0.456 e. The molecule has 3 atom stereocenters. The quantitative estimate of drug-likeness (QED) is 0.0156. The molecular weight excluding hydrogens is 1020 g/mol. The molecule has 0 radical (unpaired) electrons. The summed E-state index contributed by atoms with van der Waals surface area (Å²) in [5, 5.41) is 3.05. The molecule has 0 heterocycles. The molecule has 10 heteroatoms. The first-order chi connectivity index (χ1) is 39.4. The van der Waals surface area contributed by atoms with E-state index >= 15 is 0 Å². The van der Waals surface area contributed by atoms with Crippen LogP contribution in [-0.4, -0.2) is 74.3 Å². The van der Waals surface area contributed by atoms with E-state index in [0.717, 1.165) is 135 Å². The molecule has 0 aliphatic carbocycles. The first-order valence-corrected chi connectivity index (χ1v) is 34.7. The van der Waals surface area contributed by atoms with Gasteiger partial charge in [0.15, 0.2) is 0 Å². The number of phosphoric acid groups is 1. The zero-order valence-corrected chi connectivity index (χ0v) is 54.1. The Morgan fingerprint density at radius 2 is 0.827 bits per heavy atom. The molecule has 81 heavy (non-hydrogen) atoms. The van der Waals surface area contributed by atoms with Crippen LogP contribution in [0.4, 0.5) is 0 Å². The van der Waals surface area contributed by atoms with Crippen LogP contribution in [0, 0.1) is 0 Å². The lowest BCUT2D eigenvalue weighted by Gasteiger charge is -2.27. The lowest BCUT2D eigenvalue weighted by atomic mass is 10.0. The smallest absolute Gasteiger partial charge is 0.456 e. The van der Waals surface area contributed by atoms with Gasteiger partial charge in [-0.05, 0) is 109 Å². The fourth-order valence-corrected chi connectivity index (χ4v) is 9.85. The van der Waals surface area contributed by atoms with Crippen molar-refractivity contribution in [3.8, 4) is 0 Å². The van der Waals surface area contributed by atoms with Crippen molar-refractivity contribution < 1.29 is 37.3 Å². The van der Waals surface area contributed by atoms with E-state index in [9.17, 15) is 19.0 Å². The predicted octanol–water partition coefficient (Wildman–Crippen LogP) is 20.9. The van der Waals surface area contributed by atoms with Gasteiger partial charge in [0.05, 0.1) is 33.8 Å². The van der Waals surface area contributed by atoms with Crippen LogP contribution in [0.25, 0.3) is 0 Å². The molecule has 0 bridgehead atoms. The molecule has 1 amide bonds. The van der Waals surface area contributed by atoms with Gasteiger partial charge in [0.2, 0.25) is 5.91 Å². The van der Waals surface area contributed by atoms with E-state index in [1.807, 2.05) is 33.3 Å². The molecule has 0 fully saturated rings. The number of ether oxygens (including phenoxy) is 1. The molecular formula is C71H126N2O7P+. The van der Waals surface area contributed by atoms with Gasteiger partial charge < -0.3 is 19.4 Å². The number of amides is 1. The summed E-state index contributed by atoms with van der Waals surface area (Å²) >= 11 is 0. The number of quaternary nitrogens is 1. The largest absolute Gasteiger partial charge is 0.472 e. The van der Waals surface area contributed by atoms with Crippen molar-refractivity contribution in [3.63, 3.8) is 0 Å². The van der Waals surface area contributed by atoms with Crippen molar-refractivity contribution in [2.45, 2.75) is 290 Å². The average Bonchev–Trinajstić information content (AvgIpc) is 3.44. The number of phosphoric ester groups is 1. The number of hydrogen-bond acceptors (Lipinski definition) is 6. The Morgan fingerprint density at radius 1 is 0.457 bits per heavy atom. The summed E-state index contributed by atoms with van der Waals surface area (Å²) in [5.74, 6) is -0.530. The molecule has 0 aliphatic rings. The lowest BCUT2D eigenvalue weighted by molar-refractivity contribution is -0.870. The first-order valence-electron chi connectivity index (χ1n) is 33.2. The van der Waals surface area contributed by atoms with Gasteiger partial charge in [0, 0.05) is 12.8 Å². The molecule has 466 valence electrons. The predicted molar refractivity (Wildman–Crippen MR) is 350 cm³/mol. The first kappa shape index (κ1) is 77.7. The lowest BCUT2D eigenvalue weighted by Crippen LogP contribution is -2.47. The summed E-state index contributed by atoms with van der Waals surface area (Å²) < 4.78 is 30.7. The second-order valence-electron chi connectivity index (χ2n) is 23.3. The van der Waals surface area contributed by atoms with Gasteiger partial charge in [-0.1, -0.05) is 265 Å². The number of carbonyl (C=O) groups is 2. The van der Waals surface area contributed by atoms with Crippen LogP contribution in [0.3, 0.4) is 0 Å². The van der Waals surface area contributed by atoms with Crippen molar-refractivity contribution >= 4 is 19.7 Å². The van der Waals surface area contributed by atoms with E-state index in [4.69, 9.17) is 13.8 Å². The number of likely N-dealkylation sites (N-methyl/N-ethyl adjacent to an activating group) is 1. The molecule has 0 aliphatic heterocycles. The Kier molecular flexibility index (Phi) is 57.4. The number of unbranched alkanes of at least 4 members (excludes halogenated alkanes) is 28. The van der Waals surface area contributed by atoms with E-state index in [1.165, 1.54) is 109 Å². The maximum absolute atomic E-state index is 13.6. The van der Waals surface area contributed by atoms with E-state index in [0.29, 0.717) is 17.4 Å². The summed E-state index contributed by atoms with van der Waals surface area (Å²) in [7, 11) is 1.47. The number of esters is 1. The van der Waals surface area contributed by atoms with Gasteiger partial charge in [0.1, 0.15) is 19.3 Å². The van der Waals surface area contributed by atoms with Crippen molar-refractivity contribution in [1.29, 1.82) is 0 Å². The molecule has 9 nitrogen and oxygen atoms in total. The highest BCUT2D eigenvalue weighted by Gasteiger charge is 2.30. The Balaban J connectivity index is 5.17. The molecule has 2 N–H and O–H groups in total. The summed E-state index contributed by atoms with van der Waals surface area (Å²) in [5.41, 5.74) is 0. The van der Waals surface area contributed by atoms with Crippen LogP contribution in [0.5, 0.6) is 0 Å². The Bertz CT molecular complexity index is 1750. The van der Waals surface area contributed by atoms with Crippen LogP contribution in [0.1, 0.15) is 278 Å². The van der Waals surface area contributed by atoms with E-state index in [2.05, 4.69) is 123 Å². The van der Waals surface area contributed by atoms with Gasteiger partial charge in [-0.3, -0.25) is 18.6 Å². The van der Waals surface area contributed by atoms with Crippen molar-refractivity contribution in [3.05, 3.63) is 109 Å². The summed E-state index contributed by atoms with van der Waals surface area (Å²) in [6.45, 7) is 6.86. The van der Waals surface area contributed by atoms with Crippen LogP contribution in [0.2, 0.25) is 0 Å². The van der Waals surface area contributed by atoms with E-state index in [-0.39, 0.29) is 31.5 Å². The maximum Gasteiger partial charge on any atom is 0.472 e. The van der Waals surface area contributed by atoms with Crippen molar-refractivity contribution in [2.75, 3.05) is 40.9 Å². The van der Waals surface area contributed by atoms with Crippen molar-refractivity contribution in [1.82, 2.24) is 5.32 Å². The Hall–Kier alpha value is -3.33. The molecule has 0 aromatic rings. The monoisotopic (exact) mass is 1150 g/mol. The second kappa shape index (κ2) is 59.8. The maximum atomic E-state index is 13.6. The Labute approximate surface area is 500 Å². The number of rotatable bonds is 59. The fraction of sp³-hybridized carbons (Fsp3) is 0.718. The Morgan fingerprint density at radius 3 is 1.28 bits per heavy atom. The highest BCUT2D eigenvalue weighted by atomic mass is 31.2. The van der Waals surface area contributed by atoms with Crippen LogP contribution in [0.15, 0.2) is 109 Å². The normalized spacial score (nSPS) is 14.3. The van der Waals surface area contributed by atoms with Gasteiger partial charge in [-0.2, -0.15) is 0 Å². The minimum atomic E-state index is -4.46. The highest BCUT2D eigenvalue weighted by Crippen LogP contribution is 2.43. The number of nitrogens with one attached hydrogen (secondary N) is 1. The van der Waals surface area contributed by atoms with Gasteiger partial charge in [-0.15, -0.1) is 0 Å². The third-order valence-corrected chi connectivity index (χ3v) is 15.2. The second-order valence-corrected chi connectivity index (χ2v) is 24.7. The number of nitrogens with zero attached hydrogens (tertiary/aromatic N) is 1. The standard InChI is InChI=1S/C71H125N2O7P/c1-7-10-13-16-19-22-25-28-30-31-32-33-34-35-36-37-38-39-40-41-43-46-49-52-55-58-61-64-71(75)80-69(62-59-56-53-50-47-44-27-24-21-18-15-12-9-3)68(67-79-81(76,77)78-66-65-73(4,5)6)72-70(74)63-60-57-54-51-48-45-42-29-26-23-20-17-14-11-8-2/h10,13,19-20,22-23,26,28-30,32-33,35-36,38-39,59,62,68-69H,7-9,11-12,14-18,21,24-25,27,31,34,37,40-58,60-61,63-67H2,1-6H3,(H-,72,74,76,77)/p+1/b13-10-,22-19-,23-20+,29-26+,30-28-,33-32-,36-35-,39-38-,62-59-. The summed E-state index contributed by atoms with van der Waals surface area (Å²) in [4.78, 5) is 37.8. The summed E-state index contributed by atoms with van der Waals surface area (Å²) in [6, 6.07) is -0.865. The molecule has 0 aromatic carbocycles. The summed E-state index contributed by atoms with van der Waals surface area (Å²) in [6.07, 6.45) is 82.3. The van der Waals surface area contributed by atoms with E-state index < -0.39 is 20.0 Å². The van der Waals surface area contributed by atoms with E-state index in [1.54, 1.807) is 0 Å². The third-order valence-electron chi connectivity index (χ3n) is 14.2. The molecule has 0 saturated carbocycles. The van der Waals surface area contributed by atoms with Gasteiger partial charge in [0.25, 0.3) is 0 Å². The zero-order valence-electron chi connectivity index (χ0n) is 53.2. The minimum absolute atomic E-state index is 0.0316. The number of allylic oxidation sites excluding steroid dienone is 17. The molecule has 0 spiro atoms. The van der Waals surface area contributed by atoms with Crippen molar-refractivity contribution in [2.24, 2.45) is 0 Å². The van der Waals surface area contributed by atoms with Crippen LogP contribution in [-0.2, 0) is 27.9 Å². The highest BCUT2D eigenvalue weighted by molar-refractivity contribution is 7.47. The fourth-order valence-electron chi connectivity index (χ4n) is 9.11. The zero-order chi connectivity index (χ0) is 59.3. The van der Waals surface area contributed by atoms with Crippen LogP contribution < -0.4 is 5.32 Å². The topological polar surface area (TPSA) is 111 Å². The van der Waals surface area contributed by atoms with Gasteiger partial charge >= 0.3 is 13.8 Å². The third kappa shape index (κ3) is 61.1.